The van der Waals surface area contributed by atoms with Gasteiger partial charge in [-0.25, -0.2) is 0 Å². The van der Waals surface area contributed by atoms with E-state index in [0.29, 0.717) is 0 Å². The molecule has 0 spiro atoms. The predicted octanol–water partition coefficient (Wildman–Crippen LogP) is -2.01. The summed E-state index contributed by atoms with van der Waals surface area (Å²) in [6.45, 7) is -0.430. The minimum atomic E-state index is -5.03. The first-order valence-electron chi connectivity index (χ1n) is 1.20. The van der Waals surface area contributed by atoms with Gasteiger partial charge in [-0.2, -0.15) is 0 Å². The van der Waals surface area contributed by atoms with Gasteiger partial charge in [-0.3, -0.25) is 4.79 Å². The molecule has 0 heterocycles. The zero-order valence-corrected chi connectivity index (χ0v) is 3.96. The Labute approximate surface area is 39.2 Å². The molecule has 0 N–H and O–H groups in total. The summed E-state index contributed by atoms with van der Waals surface area (Å²) in [7, 11) is -5.03. The third kappa shape index (κ3) is 5.62. The van der Waals surface area contributed by atoms with Crippen LogP contribution >= 0.6 is 7.82 Å². The predicted molar refractivity (Wildman–Crippen MR) is 14.8 cm³/mol. The highest BCUT2D eigenvalue weighted by Crippen LogP contribution is 2.21. The number of rotatable bonds is 2. The van der Waals surface area contributed by atoms with Crippen LogP contribution in [-0.2, 0) is 13.9 Å². The van der Waals surface area contributed by atoms with Crippen molar-refractivity contribution in [2.24, 2.45) is 0 Å². The van der Waals surface area contributed by atoms with Crippen molar-refractivity contribution in [1.29, 1.82) is 0 Å². The Morgan fingerprint density at radius 2 is 2.00 bits per heavy atom. The number of carbonyl (C=O) groups is 1. The van der Waals surface area contributed by atoms with E-state index in [9.17, 15) is 14.4 Å². The molecule has 6 heteroatoms. The van der Waals surface area contributed by atoms with Gasteiger partial charge in [0.15, 0.2) is 0 Å². The van der Waals surface area contributed by atoms with E-state index in [0.717, 1.165) is 0 Å². The molecule has 0 fully saturated rings. The van der Waals surface area contributed by atoms with Gasteiger partial charge in [0.1, 0.15) is 7.82 Å². The first kappa shape index (κ1) is 6.62. The molecule has 0 amide bonds. The monoisotopic (exact) mass is 124 g/mol. The summed E-state index contributed by atoms with van der Waals surface area (Å²) in [5, 5.41) is 0. The molecule has 0 aliphatic rings. The molecular weight excluding hydrogens is 123 g/mol. The Kier molecular flexibility index (Phi) is 1.95. The Morgan fingerprint density at radius 1 is 1.57 bits per heavy atom. The lowest BCUT2D eigenvalue weighted by Gasteiger charge is -2.24. The van der Waals surface area contributed by atoms with Crippen molar-refractivity contribution < 1.29 is 23.7 Å². The second-order valence-electron chi connectivity index (χ2n) is 0.649. The van der Waals surface area contributed by atoms with Crippen LogP contribution in [0.5, 0.6) is 0 Å². The molecular formula is CHO5P-2. The van der Waals surface area contributed by atoms with Crippen LogP contribution in [0.2, 0.25) is 0 Å². The topological polar surface area (TPSA) is 89.5 Å². The lowest BCUT2D eigenvalue weighted by molar-refractivity contribution is -0.336. The van der Waals surface area contributed by atoms with Gasteiger partial charge in [0.05, 0.1) is 0 Å². The first-order chi connectivity index (χ1) is 3.06. The van der Waals surface area contributed by atoms with Crippen LogP contribution in [0.3, 0.4) is 0 Å². The largest absolute Gasteiger partial charge is 0.780 e. The van der Waals surface area contributed by atoms with Crippen molar-refractivity contribution in [1.82, 2.24) is 0 Å². The smallest absolute Gasteiger partial charge is 0.296 e. The molecule has 0 aliphatic carbocycles. The maximum atomic E-state index is 9.25. The second kappa shape index (κ2) is 2.07. The zero-order valence-electron chi connectivity index (χ0n) is 3.07. The summed E-state index contributed by atoms with van der Waals surface area (Å²) in [5.41, 5.74) is 0. The van der Waals surface area contributed by atoms with Crippen LogP contribution in [0.4, 0.5) is 0 Å². The van der Waals surface area contributed by atoms with Gasteiger partial charge < -0.3 is 18.9 Å². The Bertz CT molecular complexity index is 101. The van der Waals surface area contributed by atoms with E-state index in [1.807, 2.05) is 0 Å². The van der Waals surface area contributed by atoms with Crippen molar-refractivity contribution in [3.05, 3.63) is 0 Å². The number of carbonyl (C=O) groups excluding carboxylic acids is 1. The molecule has 0 atom stereocenters. The molecule has 0 saturated carbocycles. The van der Waals surface area contributed by atoms with Gasteiger partial charge in [0.2, 0.25) is 0 Å². The summed E-state index contributed by atoms with van der Waals surface area (Å²) in [6.07, 6.45) is 0. The average molecular weight is 124 g/mol. The maximum absolute atomic E-state index is 9.25. The van der Waals surface area contributed by atoms with Gasteiger partial charge >= 0.3 is 0 Å². The number of phosphoric acid groups is 1. The second-order valence-corrected chi connectivity index (χ2v) is 1.75. The molecule has 5 nitrogen and oxygen atoms in total. The fourth-order valence-corrected chi connectivity index (χ4v) is 0.158. The quantitative estimate of drug-likeness (QED) is 0.313. The van der Waals surface area contributed by atoms with Gasteiger partial charge in [-0.15, -0.1) is 0 Å². The molecule has 0 aromatic rings. The van der Waals surface area contributed by atoms with Crippen LogP contribution in [-0.4, -0.2) is 6.47 Å². The van der Waals surface area contributed by atoms with E-state index >= 15 is 0 Å². The molecule has 0 aromatic heterocycles. The van der Waals surface area contributed by atoms with Crippen molar-refractivity contribution in [2.75, 3.05) is 0 Å². The highest BCUT2D eigenvalue weighted by atomic mass is 31.2. The molecule has 42 valence electrons. The SMILES string of the molecule is O=COP(=O)([O-])[O-]. The molecule has 7 heavy (non-hydrogen) atoms. The highest BCUT2D eigenvalue weighted by molar-refractivity contribution is 7.43. The fraction of sp³-hybridized carbons (Fsp3) is 0. The van der Waals surface area contributed by atoms with Crippen molar-refractivity contribution in [3.63, 3.8) is 0 Å². The molecule has 0 aromatic carbocycles. The standard InChI is InChI=1S/CH3O5P/c2-1-6-7(3,4)5/h1H,(H2,3,4,5)/p-2. The van der Waals surface area contributed by atoms with Crippen LogP contribution in [0.1, 0.15) is 0 Å². The number of phosphoric ester groups is 1. The summed E-state index contributed by atoms with van der Waals surface area (Å²) in [5.74, 6) is 0. The van der Waals surface area contributed by atoms with E-state index in [1.165, 1.54) is 0 Å². The van der Waals surface area contributed by atoms with E-state index in [4.69, 9.17) is 4.79 Å². The van der Waals surface area contributed by atoms with Crippen molar-refractivity contribution in [3.8, 4) is 0 Å². The molecule has 0 bridgehead atoms. The summed E-state index contributed by atoms with van der Waals surface area (Å²) in [6, 6.07) is 0. The van der Waals surface area contributed by atoms with Gasteiger partial charge in [-0.05, 0) is 0 Å². The molecule has 0 saturated heterocycles. The van der Waals surface area contributed by atoms with Crippen LogP contribution in [0, 0.1) is 0 Å². The third-order valence-electron chi connectivity index (χ3n) is 0.172. The molecule has 0 aliphatic heterocycles. The number of hydrogen-bond acceptors (Lipinski definition) is 5. The highest BCUT2D eigenvalue weighted by Gasteiger charge is 1.81. The van der Waals surface area contributed by atoms with Gasteiger partial charge in [0, 0.05) is 0 Å². The molecule has 0 unspecified atom stereocenters. The Hall–Kier alpha value is -0.380. The lowest BCUT2D eigenvalue weighted by atomic mass is 11.7. The summed E-state index contributed by atoms with van der Waals surface area (Å²) >= 11 is 0. The third-order valence-corrected chi connectivity index (χ3v) is 0.516. The Balaban J connectivity index is 3.57. The summed E-state index contributed by atoms with van der Waals surface area (Å²) < 4.78 is 12.2. The van der Waals surface area contributed by atoms with Crippen LogP contribution in [0.25, 0.3) is 0 Å². The van der Waals surface area contributed by atoms with E-state index < -0.39 is 14.3 Å². The van der Waals surface area contributed by atoms with Gasteiger partial charge in [0.25, 0.3) is 6.47 Å². The van der Waals surface area contributed by atoms with Crippen LogP contribution < -0.4 is 9.79 Å². The van der Waals surface area contributed by atoms with E-state index in [2.05, 4.69) is 4.52 Å². The lowest BCUT2D eigenvalue weighted by Crippen LogP contribution is -2.15. The zero-order chi connectivity index (χ0) is 5.91. The van der Waals surface area contributed by atoms with E-state index in [1.54, 1.807) is 0 Å². The van der Waals surface area contributed by atoms with Crippen molar-refractivity contribution >= 4 is 14.3 Å². The van der Waals surface area contributed by atoms with Crippen molar-refractivity contribution in [2.45, 2.75) is 0 Å². The van der Waals surface area contributed by atoms with E-state index in [-0.39, 0.29) is 0 Å². The average Bonchev–Trinajstić information content (AvgIpc) is 1.30. The molecule has 0 rings (SSSR count). The first-order valence-corrected chi connectivity index (χ1v) is 2.66. The Morgan fingerprint density at radius 3 is 2.00 bits per heavy atom. The maximum Gasteiger partial charge on any atom is 0.296 e. The minimum Gasteiger partial charge on any atom is -0.780 e. The fourth-order valence-electron chi connectivity index (χ4n) is 0.0527. The minimum absolute atomic E-state index is 0.430. The molecule has 0 radical (unpaired) electrons. The number of hydrogen-bond donors (Lipinski definition) is 0. The van der Waals surface area contributed by atoms with Gasteiger partial charge in [-0.1, -0.05) is 0 Å². The summed E-state index contributed by atoms with van der Waals surface area (Å²) in [4.78, 5) is 27.5. The van der Waals surface area contributed by atoms with Crippen LogP contribution in [0.15, 0.2) is 0 Å². The normalized spacial score (nSPS) is 10.6.